The molecule has 0 N–H and O–H groups in total. The fourth-order valence-electron chi connectivity index (χ4n) is 1.65. The fourth-order valence-corrected chi connectivity index (χ4v) is 1.78. The van der Waals surface area contributed by atoms with Crippen LogP contribution in [0.4, 0.5) is 5.69 Å². The van der Waals surface area contributed by atoms with E-state index in [1.807, 2.05) is 12.1 Å². The van der Waals surface area contributed by atoms with Crippen LogP contribution in [0.15, 0.2) is 59.7 Å². The number of azide groups is 1. The molecule has 5 heteroatoms. The summed E-state index contributed by atoms with van der Waals surface area (Å²) in [4.78, 5) is 14.8. The number of allylic oxidation sites excluding steroid dienone is 1. The summed E-state index contributed by atoms with van der Waals surface area (Å²) in [5.74, 6) is -0.219. The van der Waals surface area contributed by atoms with Crippen LogP contribution in [-0.4, -0.2) is 5.78 Å². The Bertz CT molecular complexity index is 701. The van der Waals surface area contributed by atoms with Crippen LogP contribution in [0.5, 0.6) is 0 Å². The molecule has 20 heavy (non-hydrogen) atoms. The van der Waals surface area contributed by atoms with Gasteiger partial charge < -0.3 is 0 Å². The molecule has 0 saturated heterocycles. The maximum atomic E-state index is 12.1. The van der Waals surface area contributed by atoms with E-state index in [4.69, 9.17) is 17.1 Å². The predicted molar refractivity (Wildman–Crippen MR) is 80.1 cm³/mol. The summed E-state index contributed by atoms with van der Waals surface area (Å²) in [6.07, 6.45) is 3.13. The van der Waals surface area contributed by atoms with E-state index in [9.17, 15) is 4.79 Å². The standard InChI is InChI=1S/C15H10ClN3O/c16-12-8-5-11(6-9-12)7-10-15(20)13-3-1-2-4-14(13)18-19-17/h1-10H/b10-7+. The van der Waals surface area contributed by atoms with Crippen molar-refractivity contribution in [2.24, 2.45) is 5.11 Å². The minimum atomic E-state index is -0.219. The molecule has 0 aromatic heterocycles. The molecule has 4 nitrogen and oxygen atoms in total. The Morgan fingerprint density at radius 2 is 1.85 bits per heavy atom. The van der Waals surface area contributed by atoms with Crippen LogP contribution in [0.3, 0.4) is 0 Å². The second kappa shape index (κ2) is 6.57. The van der Waals surface area contributed by atoms with Crippen LogP contribution < -0.4 is 0 Å². The van der Waals surface area contributed by atoms with Crippen molar-refractivity contribution in [1.29, 1.82) is 0 Å². The van der Waals surface area contributed by atoms with E-state index in [0.29, 0.717) is 16.3 Å². The van der Waals surface area contributed by atoms with Crippen LogP contribution in [0, 0.1) is 0 Å². The lowest BCUT2D eigenvalue weighted by atomic mass is 10.1. The minimum absolute atomic E-state index is 0.219. The molecule has 2 aromatic carbocycles. The first-order valence-electron chi connectivity index (χ1n) is 5.83. The van der Waals surface area contributed by atoms with Crippen molar-refractivity contribution in [1.82, 2.24) is 0 Å². The van der Waals surface area contributed by atoms with Gasteiger partial charge in [0, 0.05) is 21.2 Å². The number of benzene rings is 2. The number of rotatable bonds is 4. The highest BCUT2D eigenvalue weighted by Crippen LogP contribution is 2.20. The number of hydrogen-bond acceptors (Lipinski definition) is 2. The molecule has 0 spiro atoms. The van der Waals surface area contributed by atoms with Crippen molar-refractivity contribution in [3.8, 4) is 0 Å². The summed E-state index contributed by atoms with van der Waals surface area (Å²) in [6.45, 7) is 0. The van der Waals surface area contributed by atoms with Gasteiger partial charge in [-0.1, -0.05) is 59.2 Å². The monoisotopic (exact) mass is 283 g/mol. The smallest absolute Gasteiger partial charge is 0.186 e. The predicted octanol–water partition coefficient (Wildman–Crippen LogP) is 5.18. The van der Waals surface area contributed by atoms with Gasteiger partial charge in [-0.2, -0.15) is 0 Å². The molecule has 0 atom stereocenters. The SMILES string of the molecule is [N-]=[N+]=Nc1ccccc1C(=O)/C=C/c1ccc(Cl)cc1. The zero-order chi connectivity index (χ0) is 14.4. The van der Waals surface area contributed by atoms with Gasteiger partial charge in [0.05, 0.1) is 0 Å². The van der Waals surface area contributed by atoms with Gasteiger partial charge in [0.2, 0.25) is 0 Å². The summed E-state index contributed by atoms with van der Waals surface area (Å²) in [6, 6.07) is 13.8. The van der Waals surface area contributed by atoms with Gasteiger partial charge in [-0.15, -0.1) is 0 Å². The molecular formula is C15H10ClN3O. The number of carbonyl (C=O) groups is 1. The Morgan fingerprint density at radius 1 is 1.15 bits per heavy atom. The molecule has 0 aliphatic heterocycles. The molecule has 0 amide bonds. The van der Waals surface area contributed by atoms with E-state index in [1.54, 1.807) is 42.5 Å². The number of hydrogen-bond donors (Lipinski definition) is 0. The molecule has 0 aliphatic carbocycles. The average molecular weight is 284 g/mol. The Labute approximate surface area is 120 Å². The molecule has 98 valence electrons. The van der Waals surface area contributed by atoms with Gasteiger partial charge in [-0.25, -0.2) is 0 Å². The summed E-state index contributed by atoms with van der Waals surface area (Å²) in [5, 5.41) is 4.14. The molecule has 0 radical (unpaired) electrons. The zero-order valence-corrected chi connectivity index (χ0v) is 11.2. The highest BCUT2D eigenvalue weighted by Gasteiger charge is 2.06. The summed E-state index contributed by atoms with van der Waals surface area (Å²) >= 11 is 5.79. The van der Waals surface area contributed by atoms with Gasteiger partial charge >= 0.3 is 0 Å². The molecule has 0 heterocycles. The van der Waals surface area contributed by atoms with Gasteiger partial charge in [0.1, 0.15) is 0 Å². The van der Waals surface area contributed by atoms with Gasteiger partial charge in [0.25, 0.3) is 0 Å². The molecule has 0 unspecified atom stereocenters. The quantitative estimate of drug-likeness (QED) is 0.251. The van der Waals surface area contributed by atoms with Gasteiger partial charge in [-0.05, 0) is 29.3 Å². The highest BCUT2D eigenvalue weighted by atomic mass is 35.5. The molecule has 0 fully saturated rings. The number of carbonyl (C=O) groups excluding carboxylic acids is 1. The summed E-state index contributed by atoms with van der Waals surface area (Å²) < 4.78 is 0. The van der Waals surface area contributed by atoms with E-state index in [0.717, 1.165) is 5.56 Å². The summed E-state index contributed by atoms with van der Waals surface area (Å²) in [5.41, 5.74) is 10.0. The topological polar surface area (TPSA) is 65.8 Å². The Balaban J connectivity index is 2.24. The van der Waals surface area contributed by atoms with E-state index >= 15 is 0 Å². The minimum Gasteiger partial charge on any atom is -0.289 e. The molecule has 0 saturated carbocycles. The van der Waals surface area contributed by atoms with Crippen molar-refractivity contribution in [3.05, 3.63) is 81.2 Å². The first-order valence-corrected chi connectivity index (χ1v) is 6.20. The van der Waals surface area contributed by atoms with Crippen molar-refractivity contribution >= 4 is 29.1 Å². The lowest BCUT2D eigenvalue weighted by Gasteiger charge is -2.00. The Kier molecular flexibility index (Phi) is 4.56. The van der Waals surface area contributed by atoms with Crippen molar-refractivity contribution in [2.45, 2.75) is 0 Å². The van der Waals surface area contributed by atoms with Gasteiger partial charge in [0.15, 0.2) is 5.78 Å². The van der Waals surface area contributed by atoms with E-state index in [1.165, 1.54) is 6.08 Å². The first kappa shape index (κ1) is 13.9. The van der Waals surface area contributed by atoms with E-state index in [-0.39, 0.29) is 5.78 Å². The highest BCUT2D eigenvalue weighted by molar-refractivity contribution is 6.30. The normalized spacial score (nSPS) is 10.2. The summed E-state index contributed by atoms with van der Waals surface area (Å²) in [7, 11) is 0. The van der Waals surface area contributed by atoms with Crippen molar-refractivity contribution in [2.75, 3.05) is 0 Å². The number of nitrogens with zero attached hydrogens (tertiary/aromatic N) is 3. The van der Waals surface area contributed by atoms with Crippen LogP contribution in [0.1, 0.15) is 15.9 Å². The molecule has 0 bridgehead atoms. The fraction of sp³-hybridized carbons (Fsp3) is 0. The van der Waals surface area contributed by atoms with Crippen LogP contribution in [-0.2, 0) is 0 Å². The van der Waals surface area contributed by atoms with Crippen LogP contribution in [0.25, 0.3) is 16.5 Å². The average Bonchev–Trinajstić information content (AvgIpc) is 2.47. The van der Waals surface area contributed by atoms with Gasteiger partial charge in [-0.3, -0.25) is 4.79 Å². The Morgan fingerprint density at radius 3 is 2.55 bits per heavy atom. The van der Waals surface area contributed by atoms with E-state index in [2.05, 4.69) is 10.0 Å². The third-order valence-corrected chi connectivity index (χ3v) is 2.87. The first-order chi connectivity index (χ1) is 9.70. The number of halogens is 1. The van der Waals surface area contributed by atoms with Crippen LogP contribution >= 0.6 is 11.6 Å². The Hall–Kier alpha value is -2.55. The van der Waals surface area contributed by atoms with E-state index < -0.39 is 0 Å². The second-order valence-electron chi connectivity index (χ2n) is 3.96. The second-order valence-corrected chi connectivity index (χ2v) is 4.39. The molecular weight excluding hydrogens is 274 g/mol. The third-order valence-electron chi connectivity index (χ3n) is 2.62. The maximum Gasteiger partial charge on any atom is 0.186 e. The lowest BCUT2D eigenvalue weighted by Crippen LogP contribution is -1.94. The third kappa shape index (κ3) is 3.48. The molecule has 0 aliphatic rings. The molecule has 2 rings (SSSR count). The molecule has 2 aromatic rings. The number of ketones is 1. The van der Waals surface area contributed by atoms with Crippen molar-refractivity contribution in [3.63, 3.8) is 0 Å². The maximum absolute atomic E-state index is 12.1. The van der Waals surface area contributed by atoms with Crippen LogP contribution in [0.2, 0.25) is 5.02 Å². The van der Waals surface area contributed by atoms with Crippen molar-refractivity contribution < 1.29 is 4.79 Å². The zero-order valence-electron chi connectivity index (χ0n) is 10.4. The largest absolute Gasteiger partial charge is 0.289 e. The lowest BCUT2D eigenvalue weighted by molar-refractivity contribution is 0.104.